The molecule has 0 N–H and O–H groups in total. The lowest BCUT2D eigenvalue weighted by Gasteiger charge is -2.27. The van der Waals surface area contributed by atoms with Gasteiger partial charge in [-0.25, -0.2) is 9.97 Å². The zero-order valence-electron chi connectivity index (χ0n) is 17.7. The molecule has 1 aromatic carbocycles. The lowest BCUT2D eigenvalue weighted by atomic mass is 9.85. The van der Waals surface area contributed by atoms with E-state index >= 15 is 0 Å². The number of fused-ring (bicyclic) bond motifs is 2. The normalized spacial score (nSPS) is 22.7. The average Bonchev–Trinajstić information content (AvgIpc) is 3.54. The van der Waals surface area contributed by atoms with Gasteiger partial charge in [0.05, 0.1) is 18.4 Å². The van der Waals surface area contributed by atoms with Crippen LogP contribution in [0.25, 0.3) is 33.6 Å². The third-order valence-corrected chi connectivity index (χ3v) is 6.98. The van der Waals surface area contributed by atoms with Gasteiger partial charge in [-0.3, -0.25) is 9.36 Å². The summed E-state index contributed by atoms with van der Waals surface area (Å²) >= 11 is 0. The van der Waals surface area contributed by atoms with Crippen molar-refractivity contribution in [3.63, 3.8) is 0 Å². The van der Waals surface area contributed by atoms with Crippen molar-refractivity contribution in [2.24, 2.45) is 18.9 Å². The molecule has 2 saturated carbocycles. The minimum absolute atomic E-state index is 0.551. The Labute approximate surface area is 182 Å². The highest BCUT2D eigenvalue weighted by molar-refractivity contribution is 5.70. The highest BCUT2D eigenvalue weighted by Gasteiger charge is 2.35. The van der Waals surface area contributed by atoms with Crippen molar-refractivity contribution in [3.05, 3.63) is 61.4 Å². The molecule has 3 aromatic heterocycles. The van der Waals surface area contributed by atoms with Gasteiger partial charge in [-0.1, -0.05) is 31.0 Å². The summed E-state index contributed by atoms with van der Waals surface area (Å²) in [4.78, 5) is 9.30. The maximum Gasteiger partial charge on any atom is 0.159 e. The molecule has 3 atom stereocenters. The van der Waals surface area contributed by atoms with E-state index in [0.717, 1.165) is 45.5 Å². The molecule has 31 heavy (non-hydrogen) atoms. The third kappa shape index (κ3) is 3.56. The van der Waals surface area contributed by atoms with Crippen LogP contribution in [0.2, 0.25) is 0 Å². The van der Waals surface area contributed by atoms with Crippen LogP contribution in [0.4, 0.5) is 0 Å². The van der Waals surface area contributed by atoms with Gasteiger partial charge in [0, 0.05) is 54.1 Å². The average molecular weight is 411 g/mol. The molecule has 0 saturated heterocycles. The second-order valence-corrected chi connectivity index (χ2v) is 9.16. The molecule has 0 aliphatic heterocycles. The van der Waals surface area contributed by atoms with Crippen molar-refractivity contribution in [2.45, 2.75) is 38.1 Å². The molecule has 0 spiro atoms. The Bertz CT molecular complexity index is 1190. The van der Waals surface area contributed by atoms with Gasteiger partial charge in [-0.05, 0) is 42.7 Å². The van der Waals surface area contributed by atoms with Crippen LogP contribution in [0.3, 0.4) is 0 Å². The first kappa shape index (κ1) is 18.5. The zero-order valence-corrected chi connectivity index (χ0v) is 17.7. The van der Waals surface area contributed by atoms with E-state index in [1.807, 2.05) is 54.8 Å². The van der Waals surface area contributed by atoms with E-state index < -0.39 is 0 Å². The van der Waals surface area contributed by atoms with Crippen molar-refractivity contribution in [2.75, 3.05) is 0 Å². The Hall–Kier alpha value is -3.28. The molecule has 2 aliphatic carbocycles. The number of benzene rings is 1. The number of rotatable bonds is 4. The highest BCUT2D eigenvalue weighted by Crippen LogP contribution is 2.46. The van der Waals surface area contributed by atoms with E-state index in [2.05, 4.69) is 38.1 Å². The summed E-state index contributed by atoms with van der Waals surface area (Å²) in [5.74, 6) is 2.54. The van der Waals surface area contributed by atoms with Gasteiger partial charge in [0.2, 0.25) is 0 Å². The van der Waals surface area contributed by atoms with Crippen molar-refractivity contribution in [1.29, 1.82) is 0 Å². The molecule has 6 rings (SSSR count). The van der Waals surface area contributed by atoms with E-state index in [9.17, 15) is 0 Å². The Morgan fingerprint density at radius 1 is 0.742 bits per heavy atom. The molecule has 2 aliphatic rings. The quantitative estimate of drug-likeness (QED) is 0.466. The largest absolute Gasteiger partial charge is 0.275 e. The molecule has 6 heteroatoms. The number of nitrogens with zero attached hydrogens (tertiary/aromatic N) is 6. The third-order valence-electron chi connectivity index (χ3n) is 6.98. The molecule has 1 unspecified atom stereocenters. The van der Waals surface area contributed by atoms with Gasteiger partial charge in [0.25, 0.3) is 0 Å². The molecule has 0 radical (unpaired) electrons. The standard InChI is InChI=1S/C25H26N6/c1-30-15-22(13-28-30)19-3-2-4-20(10-19)25-26-11-21(12-27-25)23-14-29-31(16-23)24-8-17-5-6-18(7-17)9-24/h2-4,10-18,24H,5-9H2,1H3/t17-,18+,24?. The zero-order chi connectivity index (χ0) is 20.8. The van der Waals surface area contributed by atoms with Crippen molar-refractivity contribution >= 4 is 0 Å². The second kappa shape index (κ2) is 7.45. The predicted molar refractivity (Wildman–Crippen MR) is 120 cm³/mol. The molecule has 156 valence electrons. The Kier molecular flexibility index (Phi) is 4.44. The summed E-state index contributed by atoms with van der Waals surface area (Å²) in [7, 11) is 1.93. The molecule has 0 amide bonds. The number of aryl methyl sites for hydroxylation is 1. The molecule has 2 fully saturated rings. The summed E-state index contributed by atoms with van der Waals surface area (Å²) in [6.07, 6.45) is 18.6. The van der Waals surface area contributed by atoms with Crippen LogP contribution in [-0.2, 0) is 7.05 Å². The van der Waals surface area contributed by atoms with E-state index in [4.69, 9.17) is 5.10 Å². The van der Waals surface area contributed by atoms with E-state index in [0.29, 0.717) is 6.04 Å². The topological polar surface area (TPSA) is 61.4 Å². The predicted octanol–water partition coefficient (Wildman–Crippen LogP) is 5.16. The van der Waals surface area contributed by atoms with E-state index in [1.165, 1.54) is 32.1 Å². The summed E-state index contributed by atoms with van der Waals surface area (Å²) in [6.45, 7) is 0. The number of hydrogen-bond donors (Lipinski definition) is 0. The fourth-order valence-corrected chi connectivity index (χ4v) is 5.41. The second-order valence-electron chi connectivity index (χ2n) is 9.16. The summed E-state index contributed by atoms with van der Waals surface area (Å²) in [5.41, 5.74) is 5.30. The fourth-order valence-electron chi connectivity index (χ4n) is 5.41. The fraction of sp³-hybridized carbons (Fsp3) is 0.360. The first-order chi connectivity index (χ1) is 15.2. The lowest BCUT2D eigenvalue weighted by molar-refractivity contribution is 0.247. The first-order valence-corrected chi connectivity index (χ1v) is 11.2. The smallest absolute Gasteiger partial charge is 0.159 e. The van der Waals surface area contributed by atoms with Gasteiger partial charge in [0.15, 0.2) is 5.82 Å². The molecule has 4 aromatic rings. The Morgan fingerprint density at radius 2 is 1.45 bits per heavy atom. The van der Waals surface area contributed by atoms with Gasteiger partial charge >= 0.3 is 0 Å². The van der Waals surface area contributed by atoms with Crippen LogP contribution in [0.1, 0.15) is 38.1 Å². The van der Waals surface area contributed by atoms with E-state index in [-0.39, 0.29) is 0 Å². The minimum Gasteiger partial charge on any atom is -0.275 e. The minimum atomic E-state index is 0.551. The summed E-state index contributed by atoms with van der Waals surface area (Å²) < 4.78 is 4.00. The monoisotopic (exact) mass is 410 g/mol. The maximum absolute atomic E-state index is 4.69. The maximum atomic E-state index is 4.69. The van der Waals surface area contributed by atoms with Crippen LogP contribution in [0.15, 0.2) is 61.4 Å². The Morgan fingerprint density at radius 3 is 2.19 bits per heavy atom. The van der Waals surface area contributed by atoms with Crippen LogP contribution < -0.4 is 0 Å². The van der Waals surface area contributed by atoms with Gasteiger partial charge in [-0.15, -0.1) is 0 Å². The van der Waals surface area contributed by atoms with Gasteiger partial charge in [0.1, 0.15) is 0 Å². The summed E-state index contributed by atoms with van der Waals surface area (Å²) in [5, 5.41) is 8.96. The SMILES string of the molecule is Cn1cc(-c2cccc(-c3ncc(-c4cnn(C5C[C@H]6CC[C@@H](C5)C6)c4)cn3)c2)cn1. The van der Waals surface area contributed by atoms with Crippen molar-refractivity contribution < 1.29 is 0 Å². The van der Waals surface area contributed by atoms with E-state index in [1.54, 1.807) is 0 Å². The highest BCUT2D eigenvalue weighted by atomic mass is 15.3. The first-order valence-electron chi connectivity index (χ1n) is 11.2. The van der Waals surface area contributed by atoms with Crippen LogP contribution >= 0.6 is 0 Å². The Balaban J connectivity index is 1.22. The molecule has 6 nitrogen and oxygen atoms in total. The molecular formula is C25H26N6. The van der Waals surface area contributed by atoms with Crippen LogP contribution in [0, 0.1) is 11.8 Å². The number of hydrogen-bond acceptors (Lipinski definition) is 4. The lowest BCUT2D eigenvalue weighted by Crippen LogP contribution is -2.19. The molecule has 2 bridgehead atoms. The van der Waals surface area contributed by atoms with Crippen LogP contribution in [-0.4, -0.2) is 29.5 Å². The molecular weight excluding hydrogens is 384 g/mol. The van der Waals surface area contributed by atoms with Gasteiger partial charge in [-0.2, -0.15) is 10.2 Å². The number of aromatic nitrogens is 6. The van der Waals surface area contributed by atoms with Gasteiger partial charge < -0.3 is 0 Å². The van der Waals surface area contributed by atoms with Crippen LogP contribution in [0.5, 0.6) is 0 Å². The summed E-state index contributed by atoms with van der Waals surface area (Å²) in [6, 6.07) is 8.83. The van der Waals surface area contributed by atoms with Crippen molar-refractivity contribution in [1.82, 2.24) is 29.5 Å². The molecule has 3 heterocycles. The van der Waals surface area contributed by atoms with Crippen molar-refractivity contribution in [3.8, 4) is 33.6 Å².